The van der Waals surface area contributed by atoms with Gasteiger partial charge >= 0.3 is 6.09 Å². The van der Waals surface area contributed by atoms with Crippen molar-refractivity contribution in [2.24, 2.45) is 11.7 Å². The Labute approximate surface area is 300 Å². The fourth-order valence-electron chi connectivity index (χ4n) is 5.84. The molecule has 11 heteroatoms. The summed E-state index contributed by atoms with van der Waals surface area (Å²) in [4.78, 5) is 58.0. The third kappa shape index (κ3) is 13.3. The third-order valence-electron chi connectivity index (χ3n) is 8.65. The van der Waals surface area contributed by atoms with Gasteiger partial charge in [0.1, 0.15) is 24.5 Å². The van der Waals surface area contributed by atoms with Gasteiger partial charge in [-0.1, -0.05) is 104 Å². The maximum atomic E-state index is 13.9. The number of carbonyl (C=O) groups excluding carboxylic acids is 4. The summed E-state index contributed by atoms with van der Waals surface area (Å²) >= 11 is 0. The highest BCUT2D eigenvalue weighted by molar-refractivity contribution is 6.00. The number of carbonyl (C=O) groups is 3. The van der Waals surface area contributed by atoms with E-state index in [0.29, 0.717) is 18.4 Å². The average molecular weight is 695 g/mol. The highest BCUT2D eigenvalue weighted by Crippen LogP contribution is 2.23. The Morgan fingerprint density at radius 2 is 1.51 bits per heavy atom. The van der Waals surface area contributed by atoms with Crippen LogP contribution in [0, 0.1) is 12.8 Å². The van der Waals surface area contributed by atoms with Gasteiger partial charge in [-0.25, -0.2) is 9.78 Å². The Hall–Kier alpha value is -5.13. The van der Waals surface area contributed by atoms with E-state index in [-0.39, 0.29) is 45.1 Å². The first-order chi connectivity index (χ1) is 24.8. The Kier molecular flexibility index (Phi) is 16.1. The molecule has 3 N–H and O–H groups in total. The number of nitrogens with zero attached hydrogens (tertiary/aromatic N) is 3. The van der Waals surface area contributed by atoms with Crippen LogP contribution in [0.2, 0.25) is 0 Å². The number of imide groups is 1. The predicted octanol–water partition coefficient (Wildman–Crippen LogP) is 5.30. The fraction of sp³-hybridized carbons (Fsp3) is 0.375. The van der Waals surface area contributed by atoms with Gasteiger partial charge in [-0.3, -0.25) is 19.3 Å². The van der Waals surface area contributed by atoms with Crippen molar-refractivity contribution in [1.82, 2.24) is 19.8 Å². The number of amides is 3. The highest BCUT2D eigenvalue weighted by Gasteiger charge is 2.35. The molecule has 1 heterocycles. The number of aromatic nitrogens is 2. The molecule has 1 radical (unpaired) electrons. The van der Waals surface area contributed by atoms with E-state index in [1.54, 1.807) is 30.5 Å². The van der Waals surface area contributed by atoms with Crippen LogP contribution in [-0.4, -0.2) is 63.9 Å². The number of aryl methyl sites for hydroxylation is 2. The minimum atomic E-state index is -1.18. The van der Waals surface area contributed by atoms with E-state index in [1.807, 2.05) is 86.1 Å². The number of hydrogen-bond acceptors (Lipinski definition) is 8. The zero-order valence-corrected chi connectivity index (χ0v) is 29.2. The summed E-state index contributed by atoms with van der Waals surface area (Å²) < 4.78 is 13.2. The van der Waals surface area contributed by atoms with E-state index in [0.717, 1.165) is 41.2 Å². The summed E-state index contributed by atoms with van der Waals surface area (Å²) in [6, 6.07) is 25.5. The number of benzene rings is 3. The maximum absolute atomic E-state index is 13.9. The van der Waals surface area contributed by atoms with Gasteiger partial charge < -0.3 is 25.1 Å². The number of ether oxygens (including phenoxy) is 2. The number of alkyl carbamates (subject to hydrolysis) is 1. The second kappa shape index (κ2) is 21.2. The summed E-state index contributed by atoms with van der Waals surface area (Å²) in [6.45, 7) is 3.26. The third-order valence-corrected chi connectivity index (χ3v) is 8.65. The van der Waals surface area contributed by atoms with E-state index in [4.69, 9.17) is 15.2 Å². The monoisotopic (exact) mass is 694 g/mol. The summed E-state index contributed by atoms with van der Waals surface area (Å²) in [6.07, 6.45) is 8.05. The van der Waals surface area contributed by atoms with E-state index < -0.39 is 30.0 Å². The molecule has 1 aromatic heterocycles. The van der Waals surface area contributed by atoms with Crippen molar-refractivity contribution in [3.05, 3.63) is 126 Å². The molecule has 0 fully saturated rings. The largest absolute Gasteiger partial charge is 0.445 e. The molecule has 0 aliphatic heterocycles. The van der Waals surface area contributed by atoms with Gasteiger partial charge in [0.25, 0.3) is 0 Å². The Morgan fingerprint density at radius 1 is 0.882 bits per heavy atom. The number of rotatable bonds is 21. The molecule has 0 bridgehead atoms. The van der Waals surface area contributed by atoms with Crippen LogP contribution in [0.15, 0.2) is 103 Å². The zero-order chi connectivity index (χ0) is 36.3. The first-order valence-corrected chi connectivity index (χ1v) is 17.4. The second-order valence-corrected chi connectivity index (χ2v) is 12.5. The maximum Gasteiger partial charge on any atom is 0.407 e. The smallest absolute Gasteiger partial charge is 0.407 e. The molecule has 0 saturated carbocycles. The van der Waals surface area contributed by atoms with E-state index in [1.165, 1.54) is 0 Å². The molecule has 4 rings (SSSR count). The van der Waals surface area contributed by atoms with Crippen molar-refractivity contribution >= 4 is 24.2 Å². The zero-order valence-electron chi connectivity index (χ0n) is 29.2. The highest BCUT2D eigenvalue weighted by atomic mass is 16.5. The van der Waals surface area contributed by atoms with Crippen LogP contribution < -0.4 is 11.1 Å². The molecule has 0 aliphatic rings. The van der Waals surface area contributed by atoms with Gasteiger partial charge in [0.15, 0.2) is 0 Å². The standard InChI is InChI=1S/C40H48N5O6/c1-31-42-22-24-44(31)23-12-11-15-33(20-21-43-40(49)51-29-35-18-9-4-10-19-35)25-36(27-46)45(38(47)26-32-13-5-2-6-14-32)39(48)37(41)30-50-28-34-16-7-3-8-17-34/h2-10,13-14,16-19,22,24,33,36-37H,11-12,15,20-21,23,25-26,28-30,41H2,1H3,(H,43,49)/t33?,36-,37-/m0/s1. The van der Waals surface area contributed by atoms with E-state index >= 15 is 0 Å². The molecule has 0 aliphatic carbocycles. The second-order valence-electron chi connectivity index (χ2n) is 12.5. The first-order valence-electron chi connectivity index (χ1n) is 17.4. The Morgan fingerprint density at radius 3 is 2.12 bits per heavy atom. The molecule has 11 nitrogen and oxygen atoms in total. The van der Waals surface area contributed by atoms with Gasteiger partial charge in [-0.2, -0.15) is 0 Å². The quantitative estimate of drug-likeness (QED) is 0.112. The molecule has 0 spiro atoms. The molecule has 269 valence electrons. The summed E-state index contributed by atoms with van der Waals surface area (Å²) in [5.41, 5.74) is 8.79. The first kappa shape index (κ1) is 38.7. The molecule has 3 amide bonds. The molecule has 0 saturated heterocycles. The van der Waals surface area contributed by atoms with Crippen molar-refractivity contribution in [2.75, 3.05) is 13.2 Å². The fourth-order valence-corrected chi connectivity index (χ4v) is 5.84. The summed E-state index contributed by atoms with van der Waals surface area (Å²) in [5, 5.41) is 2.80. The van der Waals surface area contributed by atoms with Crippen molar-refractivity contribution in [1.29, 1.82) is 0 Å². The molecule has 51 heavy (non-hydrogen) atoms. The number of imidazole rings is 1. The van der Waals surface area contributed by atoms with Crippen molar-refractivity contribution in [3.8, 4) is 0 Å². The molecular formula is C40H48N5O6. The van der Waals surface area contributed by atoms with Crippen LogP contribution in [0.1, 0.15) is 54.6 Å². The molecule has 4 aromatic rings. The topological polar surface area (TPSA) is 146 Å². The van der Waals surface area contributed by atoms with Crippen LogP contribution in [-0.2, 0) is 50.0 Å². The van der Waals surface area contributed by atoms with Gasteiger partial charge in [-0.15, -0.1) is 0 Å². The molecule has 1 unspecified atom stereocenters. The van der Waals surface area contributed by atoms with Gasteiger partial charge in [0.2, 0.25) is 18.1 Å². The van der Waals surface area contributed by atoms with E-state index in [9.17, 15) is 19.2 Å². The van der Waals surface area contributed by atoms with Crippen LogP contribution >= 0.6 is 0 Å². The Balaban J connectivity index is 1.44. The lowest BCUT2D eigenvalue weighted by Crippen LogP contribution is -2.54. The lowest BCUT2D eigenvalue weighted by Gasteiger charge is -2.31. The van der Waals surface area contributed by atoms with Crippen LogP contribution in [0.25, 0.3) is 0 Å². The minimum absolute atomic E-state index is 0.0912. The summed E-state index contributed by atoms with van der Waals surface area (Å²) in [7, 11) is 0. The van der Waals surface area contributed by atoms with Crippen molar-refractivity contribution < 1.29 is 28.7 Å². The van der Waals surface area contributed by atoms with Gasteiger partial charge in [-0.05, 0) is 48.8 Å². The van der Waals surface area contributed by atoms with Crippen LogP contribution in [0.3, 0.4) is 0 Å². The number of hydrogen-bond donors (Lipinski definition) is 2. The summed E-state index contributed by atoms with van der Waals surface area (Å²) in [5.74, 6) is -0.458. The van der Waals surface area contributed by atoms with Crippen LogP contribution in [0.5, 0.6) is 0 Å². The lowest BCUT2D eigenvalue weighted by molar-refractivity contribution is -0.148. The number of nitrogens with one attached hydrogen (secondary N) is 1. The minimum Gasteiger partial charge on any atom is -0.445 e. The molecular weight excluding hydrogens is 646 g/mol. The van der Waals surface area contributed by atoms with Crippen LogP contribution in [0.4, 0.5) is 4.79 Å². The normalized spacial score (nSPS) is 12.7. The Bertz CT molecular complexity index is 1630. The van der Waals surface area contributed by atoms with Crippen molar-refractivity contribution in [3.63, 3.8) is 0 Å². The average Bonchev–Trinajstić information content (AvgIpc) is 3.57. The molecule has 3 atom stereocenters. The van der Waals surface area contributed by atoms with Crippen molar-refractivity contribution in [2.45, 2.75) is 77.3 Å². The molecule has 3 aromatic carbocycles. The predicted molar refractivity (Wildman–Crippen MR) is 194 cm³/mol. The van der Waals surface area contributed by atoms with E-state index in [2.05, 4.69) is 14.9 Å². The van der Waals surface area contributed by atoms with Gasteiger partial charge in [0, 0.05) is 25.5 Å². The SMILES string of the molecule is Cc1nccn1CCCCC(CCNC(=O)OCc1ccccc1)C[C@@H]([C]=O)N(C(=O)Cc1ccccc1)C(=O)[C@@H](N)COCc1ccccc1. The number of unbranched alkanes of at least 4 members (excludes halogenated alkanes) is 1. The van der Waals surface area contributed by atoms with Gasteiger partial charge in [0.05, 0.1) is 19.6 Å². The number of nitrogens with two attached hydrogens (primary N) is 1. The lowest BCUT2D eigenvalue weighted by atomic mass is 9.90.